The van der Waals surface area contributed by atoms with Gasteiger partial charge >= 0.3 is 0 Å². The van der Waals surface area contributed by atoms with Crippen LogP contribution in [0.15, 0.2) is 58.2 Å². The van der Waals surface area contributed by atoms with Crippen LogP contribution in [0.3, 0.4) is 0 Å². The number of aryl methyl sites for hydroxylation is 1. The van der Waals surface area contributed by atoms with E-state index in [4.69, 9.17) is 11.6 Å². The molecule has 1 aromatic heterocycles. The molecule has 0 unspecified atom stereocenters. The number of benzene rings is 2. The molecule has 3 rings (SSSR count). The van der Waals surface area contributed by atoms with Crippen LogP contribution < -0.4 is 5.56 Å². The Morgan fingerprint density at radius 1 is 1.11 bits per heavy atom. The number of rotatable bonds is 7. The summed E-state index contributed by atoms with van der Waals surface area (Å²) >= 11 is 5.86. The van der Waals surface area contributed by atoms with Crippen LogP contribution in [0.25, 0.3) is 10.9 Å². The van der Waals surface area contributed by atoms with Crippen LogP contribution in [0.2, 0.25) is 5.02 Å². The maximum absolute atomic E-state index is 13.1. The number of fused-ring (bicyclic) bond motifs is 1. The molecule has 0 saturated heterocycles. The van der Waals surface area contributed by atoms with Crippen LogP contribution >= 0.6 is 11.6 Å². The van der Waals surface area contributed by atoms with Crippen molar-refractivity contribution in [3.8, 4) is 0 Å². The Morgan fingerprint density at radius 3 is 2.50 bits per heavy atom. The van der Waals surface area contributed by atoms with Crippen molar-refractivity contribution >= 4 is 32.5 Å². The maximum atomic E-state index is 13.1. The highest BCUT2D eigenvalue weighted by Gasteiger charge is 2.25. The molecule has 0 aliphatic rings. The molecule has 6 nitrogen and oxygen atoms in total. The number of aromatic nitrogens is 1. The number of pyridine rings is 1. The molecule has 0 spiro atoms. The monoisotopic (exact) mass is 420 g/mol. The average Bonchev–Trinajstić information content (AvgIpc) is 2.66. The van der Waals surface area contributed by atoms with Crippen molar-refractivity contribution in [2.24, 2.45) is 0 Å². The van der Waals surface area contributed by atoms with E-state index in [1.165, 1.54) is 28.6 Å². The number of sulfonamides is 1. The zero-order valence-corrected chi connectivity index (χ0v) is 16.9. The van der Waals surface area contributed by atoms with E-state index >= 15 is 0 Å². The number of aromatic amines is 1. The number of aliphatic hydroxyl groups is 1. The van der Waals surface area contributed by atoms with E-state index in [0.29, 0.717) is 16.1 Å². The first kappa shape index (κ1) is 20.5. The smallest absolute Gasteiger partial charge is 0.252 e. The number of hydrogen-bond acceptors (Lipinski definition) is 4. The first-order valence-corrected chi connectivity index (χ1v) is 10.6. The van der Waals surface area contributed by atoms with Gasteiger partial charge in [-0.3, -0.25) is 4.79 Å². The second-order valence-corrected chi connectivity index (χ2v) is 8.96. The topological polar surface area (TPSA) is 90.5 Å². The molecule has 3 aromatic rings. The third kappa shape index (κ3) is 4.44. The quantitative estimate of drug-likeness (QED) is 0.614. The van der Waals surface area contributed by atoms with Crippen molar-refractivity contribution in [3.63, 3.8) is 0 Å². The third-order valence-electron chi connectivity index (χ3n) is 4.44. The summed E-state index contributed by atoms with van der Waals surface area (Å²) in [5.74, 6) is 0. The summed E-state index contributed by atoms with van der Waals surface area (Å²) in [7, 11) is -3.86. The second-order valence-electron chi connectivity index (χ2n) is 6.58. The molecule has 0 amide bonds. The van der Waals surface area contributed by atoms with Gasteiger partial charge in [0, 0.05) is 35.8 Å². The predicted octanol–water partition coefficient (Wildman–Crippen LogP) is 3.06. The van der Waals surface area contributed by atoms with Crippen molar-refractivity contribution in [1.29, 1.82) is 0 Å². The van der Waals surface area contributed by atoms with Gasteiger partial charge in [-0.2, -0.15) is 4.31 Å². The highest BCUT2D eigenvalue weighted by atomic mass is 35.5. The van der Waals surface area contributed by atoms with Crippen molar-refractivity contribution in [2.45, 2.75) is 24.8 Å². The molecule has 0 aliphatic carbocycles. The van der Waals surface area contributed by atoms with Crippen molar-refractivity contribution < 1.29 is 13.5 Å². The largest absolute Gasteiger partial charge is 0.396 e. The van der Waals surface area contributed by atoms with Gasteiger partial charge in [-0.05, 0) is 61.2 Å². The van der Waals surface area contributed by atoms with Crippen LogP contribution in [0.4, 0.5) is 0 Å². The average molecular weight is 421 g/mol. The van der Waals surface area contributed by atoms with Crippen molar-refractivity contribution in [3.05, 3.63) is 75.0 Å². The predicted molar refractivity (Wildman–Crippen MR) is 110 cm³/mol. The molecule has 2 N–H and O–H groups in total. The fraction of sp³-hybridized carbons (Fsp3) is 0.250. The molecular formula is C20H21ClN2O4S. The highest BCUT2D eigenvalue weighted by molar-refractivity contribution is 7.89. The lowest BCUT2D eigenvalue weighted by Crippen LogP contribution is -2.34. The molecule has 2 aromatic carbocycles. The molecule has 0 saturated carbocycles. The molecule has 148 valence electrons. The minimum atomic E-state index is -3.86. The van der Waals surface area contributed by atoms with Crippen molar-refractivity contribution in [1.82, 2.24) is 9.29 Å². The van der Waals surface area contributed by atoms with Crippen LogP contribution in [-0.4, -0.2) is 36.0 Å². The molecule has 0 fully saturated rings. The van der Waals surface area contributed by atoms with E-state index in [1.807, 2.05) is 25.1 Å². The number of aliphatic hydroxyl groups excluding tert-OH is 1. The van der Waals surface area contributed by atoms with Gasteiger partial charge in [0.2, 0.25) is 10.0 Å². The third-order valence-corrected chi connectivity index (χ3v) is 6.55. The fourth-order valence-corrected chi connectivity index (χ4v) is 4.55. The molecule has 0 atom stereocenters. The van der Waals surface area contributed by atoms with Gasteiger partial charge in [-0.1, -0.05) is 23.2 Å². The Balaban J connectivity index is 2.01. The van der Waals surface area contributed by atoms with Crippen LogP contribution in [0.1, 0.15) is 17.5 Å². The number of H-pyrrole nitrogens is 1. The first-order chi connectivity index (χ1) is 13.3. The summed E-state index contributed by atoms with van der Waals surface area (Å²) in [6.07, 6.45) is 0.261. The number of hydrogen-bond donors (Lipinski definition) is 2. The summed E-state index contributed by atoms with van der Waals surface area (Å²) in [6, 6.07) is 13.2. The minimum absolute atomic E-state index is 0.0860. The van der Waals surface area contributed by atoms with Gasteiger partial charge in [0.1, 0.15) is 0 Å². The lowest BCUT2D eigenvalue weighted by molar-refractivity contribution is 0.267. The fourth-order valence-electron chi connectivity index (χ4n) is 2.97. The van der Waals surface area contributed by atoms with E-state index in [1.54, 1.807) is 6.07 Å². The van der Waals surface area contributed by atoms with Gasteiger partial charge in [0.25, 0.3) is 5.56 Å². The van der Waals surface area contributed by atoms with E-state index in [0.717, 1.165) is 10.9 Å². The Hall–Kier alpha value is -2.19. The lowest BCUT2D eigenvalue weighted by Gasteiger charge is -2.22. The summed E-state index contributed by atoms with van der Waals surface area (Å²) in [5.41, 5.74) is 1.74. The molecule has 0 bridgehead atoms. The van der Waals surface area contributed by atoms with E-state index in [9.17, 15) is 18.3 Å². The van der Waals surface area contributed by atoms with Gasteiger partial charge in [0.05, 0.1) is 4.90 Å². The van der Waals surface area contributed by atoms with Crippen molar-refractivity contribution in [2.75, 3.05) is 13.2 Å². The molecule has 1 heterocycles. The maximum Gasteiger partial charge on any atom is 0.252 e. The summed E-state index contributed by atoms with van der Waals surface area (Å²) < 4.78 is 27.4. The van der Waals surface area contributed by atoms with E-state index in [2.05, 4.69) is 4.98 Å². The first-order valence-electron chi connectivity index (χ1n) is 8.80. The Bertz CT molecular complexity index is 1140. The van der Waals surface area contributed by atoms with Gasteiger partial charge in [-0.15, -0.1) is 0 Å². The second kappa shape index (κ2) is 8.45. The number of nitrogens with one attached hydrogen (secondary N) is 1. The molecule has 0 aliphatic heterocycles. The molecule has 0 radical (unpaired) electrons. The Labute approximate surface area is 168 Å². The zero-order valence-electron chi connectivity index (χ0n) is 15.4. The number of halogens is 1. The summed E-state index contributed by atoms with van der Waals surface area (Å²) in [6.45, 7) is 1.79. The zero-order chi connectivity index (χ0) is 20.3. The molecule has 28 heavy (non-hydrogen) atoms. The van der Waals surface area contributed by atoms with E-state index in [-0.39, 0.29) is 36.6 Å². The SMILES string of the molecule is Cc1ccc2[nH]c(=O)c(CN(CCCO)S(=O)(=O)c3ccc(Cl)cc3)cc2c1. The van der Waals surface area contributed by atoms with Crippen LogP contribution in [0.5, 0.6) is 0 Å². The summed E-state index contributed by atoms with van der Waals surface area (Å²) in [4.78, 5) is 15.4. The summed E-state index contributed by atoms with van der Waals surface area (Å²) in [5, 5.41) is 10.4. The molecule has 8 heteroatoms. The Morgan fingerprint density at radius 2 is 1.82 bits per heavy atom. The normalized spacial score (nSPS) is 12.0. The number of nitrogens with zero attached hydrogens (tertiary/aromatic N) is 1. The minimum Gasteiger partial charge on any atom is -0.396 e. The molecular weight excluding hydrogens is 400 g/mol. The van der Waals surface area contributed by atoms with Crippen LogP contribution in [0, 0.1) is 6.92 Å². The Kier molecular flexibility index (Phi) is 6.20. The van der Waals surface area contributed by atoms with Gasteiger partial charge in [0.15, 0.2) is 0 Å². The highest BCUT2D eigenvalue weighted by Crippen LogP contribution is 2.21. The standard InChI is InChI=1S/C20H21ClN2O4S/c1-14-3-8-19-15(11-14)12-16(20(25)22-19)13-23(9-2-10-24)28(26,27)18-6-4-17(21)5-7-18/h3-8,11-12,24H,2,9-10,13H2,1H3,(H,22,25). The van der Waals surface area contributed by atoms with Gasteiger partial charge < -0.3 is 10.1 Å². The van der Waals surface area contributed by atoms with E-state index < -0.39 is 10.0 Å². The lowest BCUT2D eigenvalue weighted by atomic mass is 10.1. The van der Waals surface area contributed by atoms with Crippen LogP contribution in [-0.2, 0) is 16.6 Å². The van der Waals surface area contributed by atoms with Gasteiger partial charge in [-0.25, -0.2) is 8.42 Å².